The summed E-state index contributed by atoms with van der Waals surface area (Å²) in [5.41, 5.74) is 1.70. The molecule has 0 atom stereocenters. The maximum atomic E-state index is 12.1. The molecule has 0 saturated heterocycles. The lowest BCUT2D eigenvalue weighted by Gasteiger charge is -2.11. The molecule has 0 spiro atoms. The Morgan fingerprint density at radius 3 is 2.30 bits per heavy atom. The number of benzene rings is 2. The topological polar surface area (TPSA) is 75.6 Å². The fraction of sp³-hybridized carbons (Fsp3) is 0.158. The second-order valence-electron chi connectivity index (χ2n) is 5.74. The fourth-order valence-corrected chi connectivity index (χ4v) is 2.82. The number of nitrogens with one attached hydrogen (secondary N) is 1. The van der Waals surface area contributed by atoms with Crippen molar-refractivity contribution in [2.24, 2.45) is 0 Å². The van der Waals surface area contributed by atoms with Gasteiger partial charge in [0.2, 0.25) is 0 Å². The van der Waals surface area contributed by atoms with Crippen LogP contribution < -0.4 is 10.1 Å². The van der Waals surface area contributed by atoms with Crippen LogP contribution in [0.1, 0.15) is 16.7 Å². The van der Waals surface area contributed by atoms with E-state index in [9.17, 15) is 14.7 Å². The number of carbonyl (C=O) groups excluding carboxylic acids is 1. The van der Waals surface area contributed by atoms with Crippen molar-refractivity contribution in [3.05, 3.63) is 67.8 Å². The number of aryl methyl sites for hydroxylation is 2. The largest absolute Gasteiger partial charge is 0.484 e. The summed E-state index contributed by atoms with van der Waals surface area (Å²) in [5.74, 6) is -1.47. The minimum Gasteiger partial charge on any atom is -0.484 e. The number of halogens is 3. The zero-order valence-corrected chi connectivity index (χ0v) is 16.7. The molecule has 0 aromatic heterocycles. The number of ether oxygens (including phenoxy) is 1. The van der Waals surface area contributed by atoms with Crippen molar-refractivity contribution >= 4 is 52.8 Å². The Kier molecular flexibility index (Phi) is 7.13. The molecule has 2 N–H and O–H groups in total. The molecule has 2 aromatic carbocycles. The van der Waals surface area contributed by atoms with Gasteiger partial charge in [-0.25, -0.2) is 4.79 Å². The predicted molar refractivity (Wildman–Crippen MR) is 107 cm³/mol. The minimum atomic E-state index is -1.31. The average Bonchev–Trinajstić information content (AvgIpc) is 2.59. The molecule has 1 amide bonds. The molecule has 0 aliphatic carbocycles. The van der Waals surface area contributed by atoms with E-state index in [1.165, 1.54) is 12.1 Å². The van der Waals surface area contributed by atoms with Gasteiger partial charge in [0.05, 0.1) is 0 Å². The van der Waals surface area contributed by atoms with Crippen LogP contribution in [0.2, 0.25) is 15.1 Å². The number of carboxylic acid groups (broad SMARTS) is 1. The average molecular weight is 429 g/mol. The first-order valence-electron chi connectivity index (χ1n) is 7.77. The normalized spacial score (nSPS) is 11.2. The highest BCUT2D eigenvalue weighted by molar-refractivity contribution is 6.35. The molecule has 0 aliphatic rings. The zero-order valence-electron chi connectivity index (χ0n) is 14.5. The molecule has 0 heterocycles. The molecular formula is C19H16Cl3NO4. The standard InChI is InChI=1S/C19H16Cl3NO4/c1-10-5-14(6-11(2)18(10)22)27-9-17(24)23-16(19(25)26)7-12-3-4-13(20)8-15(12)21/h3-8H,9H2,1-2H3,(H,23,24)(H,25,26)/b16-7+. The van der Waals surface area contributed by atoms with Crippen LogP contribution in [-0.2, 0) is 9.59 Å². The van der Waals surface area contributed by atoms with Gasteiger partial charge >= 0.3 is 5.97 Å². The number of hydrogen-bond acceptors (Lipinski definition) is 3. The Bertz CT molecular complexity index is 902. The second-order valence-corrected chi connectivity index (χ2v) is 6.96. The predicted octanol–water partition coefficient (Wildman–Crippen LogP) is 4.88. The Morgan fingerprint density at radius 1 is 1.11 bits per heavy atom. The van der Waals surface area contributed by atoms with Crippen molar-refractivity contribution in [3.8, 4) is 5.75 Å². The van der Waals surface area contributed by atoms with Gasteiger partial charge in [0.15, 0.2) is 6.61 Å². The van der Waals surface area contributed by atoms with E-state index in [2.05, 4.69) is 5.32 Å². The maximum Gasteiger partial charge on any atom is 0.352 e. The molecule has 0 radical (unpaired) electrons. The SMILES string of the molecule is Cc1cc(OCC(=O)N/C(=C/c2ccc(Cl)cc2Cl)C(=O)O)cc(C)c1Cl. The van der Waals surface area contributed by atoms with E-state index < -0.39 is 11.9 Å². The van der Waals surface area contributed by atoms with Crippen molar-refractivity contribution in [2.75, 3.05) is 6.61 Å². The molecule has 0 unspecified atom stereocenters. The minimum absolute atomic E-state index is 0.263. The smallest absolute Gasteiger partial charge is 0.352 e. The summed E-state index contributed by atoms with van der Waals surface area (Å²) < 4.78 is 5.42. The Hall–Kier alpha value is -2.21. The van der Waals surface area contributed by atoms with Gasteiger partial charge in [-0.05, 0) is 60.9 Å². The van der Waals surface area contributed by atoms with E-state index in [1.807, 2.05) is 13.8 Å². The van der Waals surface area contributed by atoms with Crippen LogP contribution in [0.5, 0.6) is 5.75 Å². The summed E-state index contributed by atoms with van der Waals surface area (Å²) in [7, 11) is 0. The number of amides is 1. The second kappa shape index (κ2) is 9.13. The lowest BCUT2D eigenvalue weighted by molar-refractivity contribution is -0.134. The van der Waals surface area contributed by atoms with E-state index >= 15 is 0 Å². The molecule has 0 aliphatic heterocycles. The molecule has 2 aromatic rings. The van der Waals surface area contributed by atoms with E-state index in [0.717, 1.165) is 11.1 Å². The van der Waals surface area contributed by atoms with Gasteiger partial charge < -0.3 is 15.2 Å². The van der Waals surface area contributed by atoms with Gasteiger partial charge in [0.1, 0.15) is 11.4 Å². The van der Waals surface area contributed by atoms with Crippen LogP contribution in [0.3, 0.4) is 0 Å². The van der Waals surface area contributed by atoms with Crippen LogP contribution in [-0.4, -0.2) is 23.6 Å². The molecule has 0 bridgehead atoms. The Balaban J connectivity index is 2.09. The van der Waals surface area contributed by atoms with Crippen molar-refractivity contribution in [1.82, 2.24) is 5.32 Å². The first kappa shape index (κ1) is 21.1. The van der Waals surface area contributed by atoms with Gasteiger partial charge in [0, 0.05) is 15.1 Å². The highest BCUT2D eigenvalue weighted by Gasteiger charge is 2.14. The van der Waals surface area contributed by atoms with Gasteiger partial charge in [-0.1, -0.05) is 40.9 Å². The van der Waals surface area contributed by atoms with Crippen LogP contribution >= 0.6 is 34.8 Å². The van der Waals surface area contributed by atoms with Crippen LogP contribution in [0.4, 0.5) is 0 Å². The first-order chi connectivity index (χ1) is 12.7. The van der Waals surface area contributed by atoms with Crippen molar-refractivity contribution in [2.45, 2.75) is 13.8 Å². The van der Waals surface area contributed by atoms with Crippen molar-refractivity contribution < 1.29 is 19.4 Å². The molecule has 2 rings (SSSR count). The van der Waals surface area contributed by atoms with Crippen LogP contribution in [0.25, 0.3) is 6.08 Å². The third kappa shape index (κ3) is 5.89. The van der Waals surface area contributed by atoms with Crippen molar-refractivity contribution in [3.63, 3.8) is 0 Å². The number of rotatable bonds is 6. The van der Waals surface area contributed by atoms with Gasteiger partial charge in [0.25, 0.3) is 5.91 Å². The highest BCUT2D eigenvalue weighted by atomic mass is 35.5. The molecule has 0 fully saturated rings. The Labute approximate surface area is 171 Å². The van der Waals surface area contributed by atoms with Gasteiger partial charge in [-0.2, -0.15) is 0 Å². The number of aliphatic carboxylic acids is 1. The summed E-state index contributed by atoms with van der Waals surface area (Å²) in [6.07, 6.45) is 1.25. The molecule has 8 heteroatoms. The molecular weight excluding hydrogens is 413 g/mol. The van der Waals surface area contributed by atoms with Crippen LogP contribution in [0, 0.1) is 13.8 Å². The van der Waals surface area contributed by atoms with Crippen LogP contribution in [0.15, 0.2) is 36.0 Å². The van der Waals surface area contributed by atoms with E-state index in [4.69, 9.17) is 39.5 Å². The molecule has 142 valence electrons. The number of carboxylic acids is 1. The van der Waals surface area contributed by atoms with E-state index in [-0.39, 0.29) is 17.3 Å². The third-order valence-corrected chi connectivity index (χ3v) is 4.71. The molecule has 0 saturated carbocycles. The number of hydrogen-bond donors (Lipinski definition) is 2. The zero-order chi connectivity index (χ0) is 20.1. The van der Waals surface area contributed by atoms with Crippen molar-refractivity contribution in [1.29, 1.82) is 0 Å². The van der Waals surface area contributed by atoms with Gasteiger partial charge in [-0.3, -0.25) is 4.79 Å². The molecule has 27 heavy (non-hydrogen) atoms. The summed E-state index contributed by atoms with van der Waals surface area (Å²) in [6.45, 7) is 3.28. The lowest BCUT2D eigenvalue weighted by Crippen LogP contribution is -2.31. The lowest BCUT2D eigenvalue weighted by atomic mass is 10.1. The quantitative estimate of drug-likeness (QED) is 0.643. The first-order valence-corrected chi connectivity index (χ1v) is 8.90. The van der Waals surface area contributed by atoms with E-state index in [1.54, 1.807) is 24.3 Å². The number of carbonyl (C=O) groups is 2. The van der Waals surface area contributed by atoms with E-state index in [0.29, 0.717) is 21.4 Å². The maximum absolute atomic E-state index is 12.1. The highest BCUT2D eigenvalue weighted by Crippen LogP contribution is 2.26. The third-order valence-electron chi connectivity index (χ3n) is 3.55. The summed E-state index contributed by atoms with van der Waals surface area (Å²) in [5, 5.41) is 12.9. The monoisotopic (exact) mass is 427 g/mol. The summed E-state index contributed by atoms with van der Waals surface area (Å²) in [4.78, 5) is 23.5. The Morgan fingerprint density at radius 2 is 1.74 bits per heavy atom. The summed E-state index contributed by atoms with van der Waals surface area (Å²) in [6, 6.07) is 7.99. The summed E-state index contributed by atoms with van der Waals surface area (Å²) >= 11 is 17.9. The molecule has 5 nitrogen and oxygen atoms in total. The van der Waals surface area contributed by atoms with Gasteiger partial charge in [-0.15, -0.1) is 0 Å². The fourth-order valence-electron chi connectivity index (χ4n) is 2.25.